The predicted octanol–water partition coefficient (Wildman–Crippen LogP) is 2.10. The minimum atomic E-state index is -0.419. The SMILES string of the molecule is COCCCC(N)C(=O)Cc1ccnc2ccccc12. The maximum absolute atomic E-state index is 12.2. The number of fused-ring (bicyclic) bond motifs is 1. The molecule has 1 aromatic heterocycles. The Hall–Kier alpha value is -1.78. The van der Waals surface area contributed by atoms with Crippen molar-refractivity contribution in [1.82, 2.24) is 4.98 Å². The molecule has 0 aliphatic carbocycles. The van der Waals surface area contributed by atoms with Gasteiger partial charge in [0.25, 0.3) is 0 Å². The van der Waals surface area contributed by atoms with Gasteiger partial charge in [-0.05, 0) is 30.5 Å². The molecule has 1 aromatic carbocycles. The summed E-state index contributed by atoms with van der Waals surface area (Å²) in [5.74, 6) is 0.0671. The van der Waals surface area contributed by atoms with Crippen molar-refractivity contribution in [1.29, 1.82) is 0 Å². The number of benzene rings is 1. The Morgan fingerprint density at radius 1 is 1.35 bits per heavy atom. The van der Waals surface area contributed by atoms with Crippen molar-refractivity contribution in [3.05, 3.63) is 42.1 Å². The van der Waals surface area contributed by atoms with Gasteiger partial charge in [-0.3, -0.25) is 9.78 Å². The first-order valence-electron chi connectivity index (χ1n) is 6.82. The Balaban J connectivity index is 2.06. The number of hydrogen-bond acceptors (Lipinski definition) is 4. The monoisotopic (exact) mass is 272 g/mol. The third-order valence-corrected chi connectivity index (χ3v) is 3.38. The van der Waals surface area contributed by atoms with E-state index in [1.165, 1.54) is 0 Å². The van der Waals surface area contributed by atoms with E-state index in [0.29, 0.717) is 19.4 Å². The predicted molar refractivity (Wildman–Crippen MR) is 79.5 cm³/mol. The Bertz CT molecular complexity index is 578. The van der Waals surface area contributed by atoms with Crippen LogP contribution in [0, 0.1) is 0 Å². The molecule has 0 amide bonds. The minimum absolute atomic E-state index is 0.0671. The van der Waals surface area contributed by atoms with Gasteiger partial charge in [-0.1, -0.05) is 18.2 Å². The van der Waals surface area contributed by atoms with E-state index in [9.17, 15) is 4.79 Å². The molecule has 0 aliphatic rings. The number of pyridine rings is 1. The van der Waals surface area contributed by atoms with Gasteiger partial charge in [-0.25, -0.2) is 0 Å². The summed E-state index contributed by atoms with van der Waals surface area (Å²) in [4.78, 5) is 16.5. The number of Topliss-reactive ketones (excluding diaryl/α,β-unsaturated/α-hetero) is 1. The van der Waals surface area contributed by atoms with E-state index in [1.54, 1.807) is 13.3 Å². The van der Waals surface area contributed by atoms with Crippen LogP contribution in [0.5, 0.6) is 0 Å². The number of methoxy groups -OCH3 is 1. The van der Waals surface area contributed by atoms with Crippen LogP contribution in [-0.4, -0.2) is 30.5 Å². The van der Waals surface area contributed by atoms with Crippen LogP contribution < -0.4 is 5.73 Å². The number of nitrogens with zero attached hydrogens (tertiary/aromatic N) is 1. The Labute approximate surface area is 119 Å². The Kier molecular flexibility index (Phi) is 5.21. The highest BCUT2D eigenvalue weighted by Gasteiger charge is 2.15. The van der Waals surface area contributed by atoms with Crippen molar-refractivity contribution in [3.63, 3.8) is 0 Å². The molecular formula is C16H20N2O2. The first kappa shape index (κ1) is 14.6. The van der Waals surface area contributed by atoms with E-state index in [-0.39, 0.29) is 5.78 Å². The summed E-state index contributed by atoms with van der Waals surface area (Å²) in [6, 6.07) is 9.30. The molecule has 0 saturated carbocycles. The van der Waals surface area contributed by atoms with Gasteiger partial charge in [0, 0.05) is 31.7 Å². The second-order valence-electron chi connectivity index (χ2n) is 4.87. The van der Waals surface area contributed by atoms with Crippen LogP contribution in [-0.2, 0) is 16.0 Å². The molecule has 1 heterocycles. The molecule has 0 fully saturated rings. The first-order chi connectivity index (χ1) is 9.72. The normalized spacial score (nSPS) is 12.5. The number of carbonyl (C=O) groups is 1. The molecule has 1 atom stereocenters. The topological polar surface area (TPSA) is 65.2 Å². The minimum Gasteiger partial charge on any atom is -0.385 e. The van der Waals surface area contributed by atoms with Crippen molar-refractivity contribution < 1.29 is 9.53 Å². The lowest BCUT2D eigenvalue weighted by atomic mass is 9.99. The Morgan fingerprint density at radius 3 is 2.95 bits per heavy atom. The lowest BCUT2D eigenvalue weighted by molar-refractivity contribution is -0.119. The van der Waals surface area contributed by atoms with Gasteiger partial charge in [0.2, 0.25) is 0 Å². The number of rotatable bonds is 7. The van der Waals surface area contributed by atoms with Crippen LogP contribution in [0.15, 0.2) is 36.5 Å². The molecule has 0 aliphatic heterocycles. The fourth-order valence-corrected chi connectivity index (χ4v) is 2.24. The average Bonchev–Trinajstić information content (AvgIpc) is 2.47. The van der Waals surface area contributed by atoms with Crippen LogP contribution in [0.4, 0.5) is 0 Å². The lowest BCUT2D eigenvalue weighted by Crippen LogP contribution is -2.32. The zero-order chi connectivity index (χ0) is 14.4. The molecule has 2 aromatic rings. The van der Waals surface area contributed by atoms with Gasteiger partial charge < -0.3 is 10.5 Å². The van der Waals surface area contributed by atoms with Gasteiger partial charge in [0.15, 0.2) is 5.78 Å². The molecule has 20 heavy (non-hydrogen) atoms. The zero-order valence-electron chi connectivity index (χ0n) is 11.7. The van der Waals surface area contributed by atoms with Gasteiger partial charge in [0.1, 0.15) is 0 Å². The highest BCUT2D eigenvalue weighted by molar-refractivity contribution is 5.91. The van der Waals surface area contributed by atoms with E-state index < -0.39 is 6.04 Å². The van der Waals surface area contributed by atoms with Crippen molar-refractivity contribution >= 4 is 16.7 Å². The zero-order valence-corrected chi connectivity index (χ0v) is 11.7. The lowest BCUT2D eigenvalue weighted by Gasteiger charge is -2.11. The second kappa shape index (κ2) is 7.12. The highest BCUT2D eigenvalue weighted by Crippen LogP contribution is 2.17. The fraction of sp³-hybridized carbons (Fsp3) is 0.375. The number of carbonyl (C=O) groups excluding carboxylic acids is 1. The number of para-hydroxylation sites is 1. The summed E-state index contributed by atoms with van der Waals surface area (Å²) < 4.78 is 4.97. The molecule has 4 heteroatoms. The molecule has 106 valence electrons. The van der Waals surface area contributed by atoms with E-state index in [4.69, 9.17) is 10.5 Å². The molecule has 0 radical (unpaired) electrons. The number of ketones is 1. The molecule has 4 nitrogen and oxygen atoms in total. The van der Waals surface area contributed by atoms with Crippen LogP contribution in [0.1, 0.15) is 18.4 Å². The van der Waals surface area contributed by atoms with Gasteiger partial charge in [-0.15, -0.1) is 0 Å². The van der Waals surface area contributed by atoms with Gasteiger partial charge in [-0.2, -0.15) is 0 Å². The number of aromatic nitrogens is 1. The number of ether oxygens (including phenoxy) is 1. The first-order valence-corrected chi connectivity index (χ1v) is 6.82. The third-order valence-electron chi connectivity index (χ3n) is 3.38. The van der Waals surface area contributed by atoms with E-state index in [0.717, 1.165) is 22.9 Å². The maximum Gasteiger partial charge on any atom is 0.153 e. The molecule has 2 rings (SSSR count). The quantitative estimate of drug-likeness (QED) is 0.784. The second-order valence-corrected chi connectivity index (χ2v) is 4.87. The standard InChI is InChI=1S/C16H20N2O2/c1-20-10-4-6-14(17)16(19)11-12-8-9-18-15-7-3-2-5-13(12)15/h2-3,5,7-9,14H,4,6,10-11,17H2,1H3. The van der Waals surface area contributed by atoms with Crippen molar-refractivity contribution in [2.24, 2.45) is 5.73 Å². The third kappa shape index (κ3) is 3.62. The molecule has 0 bridgehead atoms. The fourth-order valence-electron chi connectivity index (χ4n) is 2.24. The van der Waals surface area contributed by atoms with Crippen molar-refractivity contribution in [3.8, 4) is 0 Å². The number of hydrogen-bond donors (Lipinski definition) is 1. The smallest absolute Gasteiger partial charge is 0.153 e. The molecule has 2 N–H and O–H groups in total. The largest absolute Gasteiger partial charge is 0.385 e. The van der Waals surface area contributed by atoms with Crippen LogP contribution >= 0.6 is 0 Å². The molecular weight excluding hydrogens is 252 g/mol. The summed E-state index contributed by atoms with van der Waals surface area (Å²) in [5.41, 5.74) is 7.83. The molecule has 0 saturated heterocycles. The van der Waals surface area contributed by atoms with Crippen molar-refractivity contribution in [2.45, 2.75) is 25.3 Å². The summed E-state index contributed by atoms with van der Waals surface area (Å²) >= 11 is 0. The van der Waals surface area contributed by atoms with Gasteiger partial charge >= 0.3 is 0 Å². The van der Waals surface area contributed by atoms with Crippen molar-refractivity contribution in [2.75, 3.05) is 13.7 Å². The van der Waals surface area contributed by atoms with E-state index in [1.807, 2.05) is 30.3 Å². The van der Waals surface area contributed by atoms with Crippen LogP contribution in [0.3, 0.4) is 0 Å². The number of nitrogens with two attached hydrogens (primary N) is 1. The maximum atomic E-state index is 12.2. The van der Waals surface area contributed by atoms with Gasteiger partial charge in [0.05, 0.1) is 11.6 Å². The highest BCUT2D eigenvalue weighted by atomic mass is 16.5. The summed E-state index contributed by atoms with van der Waals surface area (Å²) in [7, 11) is 1.65. The molecule has 1 unspecified atom stereocenters. The van der Waals surface area contributed by atoms with E-state index >= 15 is 0 Å². The molecule has 0 spiro atoms. The van der Waals surface area contributed by atoms with Crippen LogP contribution in [0.2, 0.25) is 0 Å². The summed E-state index contributed by atoms with van der Waals surface area (Å²) in [6.45, 7) is 0.638. The average molecular weight is 272 g/mol. The van der Waals surface area contributed by atoms with E-state index in [2.05, 4.69) is 4.98 Å². The Morgan fingerprint density at radius 2 is 2.15 bits per heavy atom. The van der Waals surface area contributed by atoms with Crippen LogP contribution in [0.25, 0.3) is 10.9 Å². The summed E-state index contributed by atoms with van der Waals surface area (Å²) in [5, 5.41) is 1.02. The summed E-state index contributed by atoms with van der Waals surface area (Å²) in [6.07, 6.45) is 3.56.